The van der Waals surface area contributed by atoms with Crippen LogP contribution in [0.5, 0.6) is 0 Å². The number of likely N-dealkylation sites (tertiary alicyclic amines) is 1. The standard InChI is InChI=1S/C17H29N5O2.HI/c1-13-20-16(21-24-13)11-19-17(18-2)22-9-7-15(8-10-22)23-12-14-5-3-4-6-14;/h14-15H,3-12H2,1-2H3,(H,18,19);1H. The lowest BCUT2D eigenvalue weighted by molar-refractivity contribution is 0.00100. The molecule has 1 aromatic rings. The van der Waals surface area contributed by atoms with Crippen molar-refractivity contribution in [3.05, 3.63) is 11.7 Å². The number of nitrogens with one attached hydrogen (secondary N) is 1. The number of nitrogens with zero attached hydrogens (tertiary/aromatic N) is 4. The zero-order chi connectivity index (χ0) is 16.8. The highest BCUT2D eigenvalue weighted by molar-refractivity contribution is 14.0. The zero-order valence-electron chi connectivity index (χ0n) is 15.2. The molecule has 1 saturated carbocycles. The van der Waals surface area contributed by atoms with Crippen molar-refractivity contribution in [2.75, 3.05) is 26.7 Å². The van der Waals surface area contributed by atoms with Crippen LogP contribution < -0.4 is 5.32 Å². The van der Waals surface area contributed by atoms with E-state index in [0.717, 1.165) is 44.4 Å². The number of piperidine rings is 1. The lowest BCUT2D eigenvalue weighted by Gasteiger charge is -2.34. The Morgan fingerprint density at radius 1 is 1.28 bits per heavy atom. The molecule has 2 heterocycles. The maximum Gasteiger partial charge on any atom is 0.223 e. The van der Waals surface area contributed by atoms with Crippen molar-refractivity contribution in [3.63, 3.8) is 0 Å². The first-order chi connectivity index (χ1) is 11.7. The van der Waals surface area contributed by atoms with Crippen molar-refractivity contribution in [1.82, 2.24) is 20.4 Å². The van der Waals surface area contributed by atoms with Gasteiger partial charge in [0.15, 0.2) is 11.8 Å². The molecule has 0 amide bonds. The third-order valence-electron chi connectivity index (χ3n) is 4.97. The minimum Gasteiger partial charge on any atom is -0.378 e. The summed E-state index contributed by atoms with van der Waals surface area (Å²) in [6, 6.07) is 0. The average Bonchev–Trinajstić information content (AvgIpc) is 3.26. The summed E-state index contributed by atoms with van der Waals surface area (Å²) >= 11 is 0. The van der Waals surface area contributed by atoms with E-state index < -0.39 is 0 Å². The highest BCUT2D eigenvalue weighted by Gasteiger charge is 2.24. The molecular weight excluding hydrogens is 433 g/mol. The van der Waals surface area contributed by atoms with Crippen molar-refractivity contribution in [3.8, 4) is 0 Å². The monoisotopic (exact) mass is 463 g/mol. The molecule has 1 aliphatic carbocycles. The van der Waals surface area contributed by atoms with Gasteiger partial charge in [0.25, 0.3) is 0 Å². The van der Waals surface area contributed by atoms with Gasteiger partial charge in [-0.2, -0.15) is 4.98 Å². The summed E-state index contributed by atoms with van der Waals surface area (Å²) in [5, 5.41) is 7.21. The minimum atomic E-state index is 0. The molecule has 142 valence electrons. The van der Waals surface area contributed by atoms with Crippen molar-refractivity contribution in [1.29, 1.82) is 0 Å². The summed E-state index contributed by atoms with van der Waals surface area (Å²) in [6.45, 7) is 5.22. The van der Waals surface area contributed by atoms with Crippen molar-refractivity contribution < 1.29 is 9.26 Å². The molecule has 8 heteroatoms. The topological polar surface area (TPSA) is 75.8 Å². The van der Waals surface area contributed by atoms with Gasteiger partial charge in [0.2, 0.25) is 5.89 Å². The number of aromatic nitrogens is 2. The number of aliphatic imine (C=N–C) groups is 1. The average molecular weight is 463 g/mol. The number of guanidine groups is 1. The molecule has 7 nitrogen and oxygen atoms in total. The van der Waals surface area contributed by atoms with Gasteiger partial charge in [0, 0.05) is 33.7 Å². The van der Waals surface area contributed by atoms with E-state index in [9.17, 15) is 0 Å². The van der Waals surface area contributed by atoms with Gasteiger partial charge in [-0.05, 0) is 31.6 Å². The van der Waals surface area contributed by atoms with Gasteiger partial charge in [-0.3, -0.25) is 4.99 Å². The Morgan fingerprint density at radius 3 is 2.60 bits per heavy atom. The van der Waals surface area contributed by atoms with E-state index in [4.69, 9.17) is 9.26 Å². The third kappa shape index (κ3) is 6.09. The van der Waals surface area contributed by atoms with Crippen LogP contribution in [0.1, 0.15) is 50.2 Å². The van der Waals surface area contributed by atoms with E-state index in [-0.39, 0.29) is 24.0 Å². The molecule has 2 fully saturated rings. The molecule has 1 saturated heterocycles. The molecule has 1 N–H and O–H groups in total. The summed E-state index contributed by atoms with van der Waals surface area (Å²) in [6.07, 6.45) is 8.00. The number of hydrogen-bond acceptors (Lipinski definition) is 5. The molecule has 0 atom stereocenters. The summed E-state index contributed by atoms with van der Waals surface area (Å²) in [5.74, 6) is 2.94. The Hall–Kier alpha value is -0.900. The summed E-state index contributed by atoms with van der Waals surface area (Å²) in [5.41, 5.74) is 0. The number of halogens is 1. The van der Waals surface area contributed by atoms with Crippen LogP contribution >= 0.6 is 24.0 Å². The fourth-order valence-corrected chi connectivity index (χ4v) is 3.59. The predicted octanol–water partition coefficient (Wildman–Crippen LogP) is 2.74. The Morgan fingerprint density at radius 2 is 2.00 bits per heavy atom. The Balaban J connectivity index is 0.00000225. The van der Waals surface area contributed by atoms with Gasteiger partial charge in [-0.15, -0.1) is 24.0 Å². The van der Waals surface area contributed by atoms with Gasteiger partial charge in [-0.1, -0.05) is 18.0 Å². The Labute approximate surface area is 167 Å². The minimum absolute atomic E-state index is 0. The van der Waals surface area contributed by atoms with E-state index in [1.807, 2.05) is 7.05 Å². The van der Waals surface area contributed by atoms with Crippen LogP contribution in [0, 0.1) is 12.8 Å². The van der Waals surface area contributed by atoms with E-state index in [1.165, 1.54) is 25.7 Å². The first-order valence-electron chi connectivity index (χ1n) is 9.11. The predicted molar refractivity (Wildman–Crippen MR) is 107 cm³/mol. The van der Waals surface area contributed by atoms with Crippen LogP contribution in [0.25, 0.3) is 0 Å². The van der Waals surface area contributed by atoms with E-state index in [2.05, 4.69) is 25.3 Å². The largest absolute Gasteiger partial charge is 0.378 e. The summed E-state index contributed by atoms with van der Waals surface area (Å²) in [7, 11) is 1.81. The van der Waals surface area contributed by atoms with E-state index in [0.29, 0.717) is 24.4 Å². The number of ether oxygens (including phenoxy) is 1. The molecular formula is C17H30IN5O2. The molecule has 1 aliphatic heterocycles. The van der Waals surface area contributed by atoms with Gasteiger partial charge < -0.3 is 19.5 Å². The molecule has 0 spiro atoms. The number of aryl methyl sites for hydroxylation is 1. The molecule has 0 aromatic carbocycles. The van der Waals surface area contributed by atoms with Crippen molar-refractivity contribution >= 4 is 29.9 Å². The van der Waals surface area contributed by atoms with Gasteiger partial charge in [0.05, 0.1) is 12.6 Å². The highest BCUT2D eigenvalue weighted by atomic mass is 127. The van der Waals surface area contributed by atoms with Crippen LogP contribution in [0.15, 0.2) is 9.52 Å². The van der Waals surface area contributed by atoms with Gasteiger partial charge >= 0.3 is 0 Å². The normalized spacial score (nSPS) is 19.9. The lowest BCUT2D eigenvalue weighted by Crippen LogP contribution is -2.47. The lowest BCUT2D eigenvalue weighted by atomic mass is 10.1. The summed E-state index contributed by atoms with van der Waals surface area (Å²) < 4.78 is 11.1. The van der Waals surface area contributed by atoms with Crippen LogP contribution in [0.2, 0.25) is 0 Å². The first-order valence-corrected chi connectivity index (χ1v) is 9.11. The van der Waals surface area contributed by atoms with E-state index in [1.54, 1.807) is 6.92 Å². The molecule has 2 aliphatic rings. The van der Waals surface area contributed by atoms with E-state index >= 15 is 0 Å². The van der Waals surface area contributed by atoms with Crippen LogP contribution in [0.3, 0.4) is 0 Å². The van der Waals surface area contributed by atoms with Crippen molar-refractivity contribution in [2.45, 2.75) is 58.1 Å². The third-order valence-corrected chi connectivity index (χ3v) is 4.97. The van der Waals surface area contributed by atoms with Crippen LogP contribution in [-0.2, 0) is 11.3 Å². The van der Waals surface area contributed by atoms with Gasteiger partial charge in [0.1, 0.15) is 0 Å². The van der Waals surface area contributed by atoms with Crippen LogP contribution in [-0.4, -0.2) is 53.8 Å². The molecule has 1 aromatic heterocycles. The molecule has 3 rings (SSSR count). The molecule has 0 unspecified atom stereocenters. The molecule has 0 radical (unpaired) electrons. The van der Waals surface area contributed by atoms with Crippen LogP contribution in [0.4, 0.5) is 0 Å². The second-order valence-corrected chi connectivity index (χ2v) is 6.80. The smallest absolute Gasteiger partial charge is 0.223 e. The zero-order valence-corrected chi connectivity index (χ0v) is 17.6. The maximum atomic E-state index is 6.14. The number of rotatable bonds is 5. The maximum absolute atomic E-state index is 6.14. The highest BCUT2D eigenvalue weighted by Crippen LogP contribution is 2.26. The number of hydrogen-bond donors (Lipinski definition) is 1. The SMILES string of the molecule is CN=C(NCc1noc(C)n1)N1CCC(OCC2CCCC2)CC1.I. The fourth-order valence-electron chi connectivity index (χ4n) is 3.59. The second kappa shape index (κ2) is 10.3. The van der Waals surface area contributed by atoms with Gasteiger partial charge in [-0.25, -0.2) is 0 Å². The first kappa shape index (κ1) is 20.4. The Bertz CT molecular complexity index is 537. The Kier molecular flexibility index (Phi) is 8.41. The van der Waals surface area contributed by atoms with Crippen molar-refractivity contribution in [2.24, 2.45) is 10.9 Å². The molecule has 0 bridgehead atoms. The second-order valence-electron chi connectivity index (χ2n) is 6.80. The quantitative estimate of drug-likeness (QED) is 0.411. The fraction of sp³-hybridized carbons (Fsp3) is 0.824. The summed E-state index contributed by atoms with van der Waals surface area (Å²) in [4.78, 5) is 10.9. The molecule has 25 heavy (non-hydrogen) atoms.